The Hall–Kier alpha value is -3.26. The molecule has 0 bridgehead atoms. The zero-order valence-corrected chi connectivity index (χ0v) is 17.2. The fourth-order valence-electron chi connectivity index (χ4n) is 2.52. The molecule has 0 aliphatic rings. The molecule has 0 unspecified atom stereocenters. The van der Waals surface area contributed by atoms with Crippen LogP contribution >= 0.6 is 15.9 Å². The number of hydrogen-bond donors (Lipinski definition) is 3. The maximum Gasteiger partial charge on any atom is 0.333 e. The highest BCUT2D eigenvalue weighted by Crippen LogP contribution is 2.17. The molecular weight excluding hydrogens is 438 g/mol. The molecule has 0 spiro atoms. The van der Waals surface area contributed by atoms with E-state index >= 15 is 0 Å². The molecule has 150 valence electrons. The number of carbonyl (C=O) groups is 2. The molecule has 8 heteroatoms. The second-order valence-electron chi connectivity index (χ2n) is 6.20. The summed E-state index contributed by atoms with van der Waals surface area (Å²) in [6, 6.07) is 19.3. The topological polar surface area (TPSA) is 92.6 Å². The summed E-state index contributed by atoms with van der Waals surface area (Å²) < 4.78 is 11.9. The Labute approximate surface area is 176 Å². The van der Waals surface area contributed by atoms with E-state index in [2.05, 4.69) is 32.1 Å². The van der Waals surface area contributed by atoms with Gasteiger partial charge in [0.05, 0.1) is 6.04 Å². The van der Waals surface area contributed by atoms with Crippen molar-refractivity contribution in [2.24, 2.45) is 0 Å². The number of halogens is 1. The number of hydrazine groups is 1. The van der Waals surface area contributed by atoms with Crippen molar-refractivity contribution in [3.05, 3.63) is 88.3 Å². The Morgan fingerprint density at radius 1 is 1.03 bits per heavy atom. The summed E-state index contributed by atoms with van der Waals surface area (Å²) in [7, 11) is 0. The number of benzene rings is 2. The Balaban J connectivity index is 1.45. The van der Waals surface area contributed by atoms with Crippen molar-refractivity contribution in [2.45, 2.75) is 19.6 Å². The van der Waals surface area contributed by atoms with Crippen LogP contribution in [0.3, 0.4) is 0 Å². The van der Waals surface area contributed by atoms with Crippen molar-refractivity contribution in [3.63, 3.8) is 0 Å². The summed E-state index contributed by atoms with van der Waals surface area (Å²) in [4.78, 5) is 24.2. The van der Waals surface area contributed by atoms with Crippen LogP contribution in [0.2, 0.25) is 0 Å². The molecule has 0 aliphatic carbocycles. The van der Waals surface area contributed by atoms with Crippen LogP contribution < -0.4 is 20.9 Å². The minimum atomic E-state index is -0.568. The Kier molecular flexibility index (Phi) is 6.91. The van der Waals surface area contributed by atoms with Crippen LogP contribution in [0.5, 0.6) is 5.75 Å². The number of urea groups is 1. The molecule has 3 N–H and O–H groups in total. The molecule has 7 nitrogen and oxygen atoms in total. The minimum Gasteiger partial charge on any atom is -0.486 e. The van der Waals surface area contributed by atoms with Crippen molar-refractivity contribution in [2.75, 3.05) is 0 Å². The Morgan fingerprint density at radius 2 is 1.83 bits per heavy atom. The van der Waals surface area contributed by atoms with E-state index < -0.39 is 11.9 Å². The number of carbonyl (C=O) groups excluding carboxylic acids is 2. The van der Waals surface area contributed by atoms with Crippen molar-refractivity contribution in [3.8, 4) is 5.75 Å². The van der Waals surface area contributed by atoms with Crippen molar-refractivity contribution in [1.82, 2.24) is 16.2 Å². The molecule has 0 saturated carbocycles. The van der Waals surface area contributed by atoms with Gasteiger partial charge in [-0.2, -0.15) is 0 Å². The third-order valence-corrected chi connectivity index (χ3v) is 4.49. The van der Waals surface area contributed by atoms with Crippen molar-refractivity contribution < 1.29 is 18.7 Å². The molecule has 0 fully saturated rings. The van der Waals surface area contributed by atoms with E-state index in [4.69, 9.17) is 9.15 Å². The van der Waals surface area contributed by atoms with Crippen LogP contribution in [0.4, 0.5) is 4.79 Å². The molecule has 0 aliphatic heterocycles. The molecule has 0 radical (unpaired) electrons. The summed E-state index contributed by atoms with van der Waals surface area (Å²) in [5.41, 5.74) is 5.55. The van der Waals surface area contributed by atoms with Gasteiger partial charge in [-0.3, -0.25) is 10.2 Å². The van der Waals surface area contributed by atoms with Gasteiger partial charge in [-0.1, -0.05) is 46.3 Å². The van der Waals surface area contributed by atoms with Gasteiger partial charge in [-0.25, -0.2) is 10.2 Å². The predicted molar refractivity (Wildman–Crippen MR) is 111 cm³/mol. The average molecular weight is 458 g/mol. The zero-order valence-electron chi connectivity index (χ0n) is 15.6. The molecule has 0 saturated heterocycles. The fraction of sp³-hybridized carbons (Fsp3) is 0.143. The van der Waals surface area contributed by atoms with Gasteiger partial charge < -0.3 is 14.5 Å². The lowest BCUT2D eigenvalue weighted by Gasteiger charge is -2.15. The van der Waals surface area contributed by atoms with Gasteiger partial charge in [-0.15, -0.1) is 0 Å². The first-order valence-electron chi connectivity index (χ1n) is 8.90. The molecule has 1 heterocycles. The second kappa shape index (κ2) is 9.79. The van der Waals surface area contributed by atoms with Gasteiger partial charge >= 0.3 is 11.9 Å². The molecule has 2 aromatic carbocycles. The van der Waals surface area contributed by atoms with Gasteiger partial charge in [0, 0.05) is 4.47 Å². The van der Waals surface area contributed by atoms with Gasteiger partial charge in [0.15, 0.2) is 5.76 Å². The summed E-state index contributed by atoms with van der Waals surface area (Å²) in [6.07, 6.45) is 0. The van der Waals surface area contributed by atoms with Gasteiger partial charge in [0.25, 0.3) is 0 Å². The standard InChI is InChI=1S/C21H20BrN3O4/c1-14(15-6-5-7-16(22)12-15)23-21(27)25-24-20(26)19-11-10-18(29-19)13-28-17-8-3-2-4-9-17/h2-12,14H,13H2,1H3,(H,24,26)(H2,23,25,27)/t14-/m1/s1. The molecule has 3 rings (SSSR count). The minimum absolute atomic E-state index is 0.0667. The first-order chi connectivity index (χ1) is 14.0. The zero-order chi connectivity index (χ0) is 20.6. The SMILES string of the molecule is C[C@@H](NC(=O)NNC(=O)c1ccc(COc2ccccc2)o1)c1cccc(Br)c1. The van der Waals surface area contributed by atoms with Gasteiger partial charge in [0.1, 0.15) is 18.1 Å². The van der Waals surface area contributed by atoms with Gasteiger partial charge in [-0.05, 0) is 48.9 Å². The number of furan rings is 1. The quantitative estimate of drug-likeness (QED) is 0.480. The molecule has 1 aromatic heterocycles. The number of amides is 3. The second-order valence-corrected chi connectivity index (χ2v) is 7.11. The fourth-order valence-corrected chi connectivity index (χ4v) is 2.93. The van der Waals surface area contributed by atoms with Crippen LogP contribution in [-0.2, 0) is 6.61 Å². The molecular formula is C21H20BrN3O4. The molecule has 29 heavy (non-hydrogen) atoms. The van der Waals surface area contributed by atoms with E-state index in [1.54, 1.807) is 6.07 Å². The van der Waals surface area contributed by atoms with E-state index in [0.29, 0.717) is 11.5 Å². The maximum atomic E-state index is 12.1. The third-order valence-electron chi connectivity index (χ3n) is 4.00. The molecule has 3 amide bonds. The smallest absolute Gasteiger partial charge is 0.333 e. The highest BCUT2D eigenvalue weighted by Gasteiger charge is 2.14. The maximum absolute atomic E-state index is 12.1. The molecule has 1 atom stereocenters. The summed E-state index contributed by atoms with van der Waals surface area (Å²) in [5, 5.41) is 2.74. The lowest BCUT2D eigenvalue weighted by Crippen LogP contribution is -2.47. The number of ether oxygens (including phenoxy) is 1. The summed E-state index contributed by atoms with van der Waals surface area (Å²) in [5.74, 6) is 0.692. The number of rotatable bonds is 6. The number of hydrogen-bond acceptors (Lipinski definition) is 4. The summed E-state index contributed by atoms with van der Waals surface area (Å²) in [6.45, 7) is 2.03. The predicted octanol–water partition coefficient (Wildman–Crippen LogP) is 4.33. The van der Waals surface area contributed by atoms with Crippen molar-refractivity contribution >= 4 is 27.9 Å². The van der Waals surface area contributed by atoms with Gasteiger partial charge in [0.2, 0.25) is 0 Å². The van der Waals surface area contributed by atoms with E-state index in [-0.39, 0.29) is 18.4 Å². The normalized spacial score (nSPS) is 11.4. The monoisotopic (exact) mass is 457 g/mol. The van der Waals surface area contributed by atoms with Crippen LogP contribution in [0.25, 0.3) is 0 Å². The summed E-state index contributed by atoms with van der Waals surface area (Å²) >= 11 is 3.39. The van der Waals surface area contributed by atoms with Crippen LogP contribution in [-0.4, -0.2) is 11.9 Å². The average Bonchev–Trinajstić information content (AvgIpc) is 3.20. The lowest BCUT2D eigenvalue weighted by atomic mass is 10.1. The van der Waals surface area contributed by atoms with Crippen LogP contribution in [0.1, 0.15) is 34.8 Å². The first kappa shape index (κ1) is 20.5. The van der Waals surface area contributed by atoms with Crippen molar-refractivity contribution in [1.29, 1.82) is 0 Å². The number of nitrogens with one attached hydrogen (secondary N) is 3. The largest absolute Gasteiger partial charge is 0.486 e. The number of para-hydroxylation sites is 1. The third kappa shape index (κ3) is 6.11. The highest BCUT2D eigenvalue weighted by molar-refractivity contribution is 9.10. The van der Waals surface area contributed by atoms with E-state index in [9.17, 15) is 9.59 Å². The van der Waals surface area contributed by atoms with E-state index in [1.807, 2.05) is 61.5 Å². The lowest BCUT2D eigenvalue weighted by molar-refractivity contribution is 0.0904. The Bertz CT molecular complexity index is 975. The van der Waals surface area contributed by atoms with E-state index in [0.717, 1.165) is 10.0 Å². The molecule has 3 aromatic rings. The highest BCUT2D eigenvalue weighted by atomic mass is 79.9. The van der Waals surface area contributed by atoms with E-state index in [1.165, 1.54) is 6.07 Å². The van der Waals surface area contributed by atoms with Crippen LogP contribution in [0.15, 0.2) is 75.6 Å². The van der Waals surface area contributed by atoms with Crippen LogP contribution in [0, 0.1) is 0 Å². The Morgan fingerprint density at radius 3 is 2.59 bits per heavy atom. The first-order valence-corrected chi connectivity index (χ1v) is 9.69.